The zero-order valence-corrected chi connectivity index (χ0v) is 17.4. The summed E-state index contributed by atoms with van der Waals surface area (Å²) in [5.41, 5.74) is 3.04. The van der Waals surface area contributed by atoms with Gasteiger partial charge in [0.15, 0.2) is 5.69 Å². The number of hydrogen-bond acceptors (Lipinski definition) is 4. The van der Waals surface area contributed by atoms with Gasteiger partial charge in [-0.25, -0.2) is 10.00 Å². The predicted molar refractivity (Wildman–Crippen MR) is 115 cm³/mol. The lowest BCUT2D eigenvalue weighted by Gasteiger charge is -2.17. The van der Waals surface area contributed by atoms with E-state index in [1.807, 2.05) is 19.1 Å². The van der Waals surface area contributed by atoms with Crippen LogP contribution < -0.4 is 5.48 Å². The fourth-order valence-electron chi connectivity index (χ4n) is 3.69. The first-order valence-corrected chi connectivity index (χ1v) is 10.1. The lowest BCUT2D eigenvalue weighted by Crippen LogP contribution is -2.14. The number of hydroxylamine groups is 1. The molecule has 3 N–H and O–H groups in total. The zero-order chi connectivity index (χ0) is 23.3. The molecule has 3 rings (SSSR count). The van der Waals surface area contributed by atoms with Gasteiger partial charge in [-0.2, -0.15) is 18.3 Å². The number of carbonyl (C=O) groups is 1. The van der Waals surface area contributed by atoms with Gasteiger partial charge >= 0.3 is 6.18 Å². The minimum Gasteiger partial charge on any atom is -0.309 e. The molecular formula is C23H23F3N4O2. The van der Waals surface area contributed by atoms with Gasteiger partial charge in [-0.3, -0.25) is 10.0 Å². The zero-order valence-electron chi connectivity index (χ0n) is 17.4. The highest BCUT2D eigenvalue weighted by Crippen LogP contribution is 2.34. The number of rotatable bonds is 8. The number of aryl methyl sites for hydroxylation is 1. The minimum atomic E-state index is -4.57. The van der Waals surface area contributed by atoms with Crippen LogP contribution in [-0.2, 0) is 17.4 Å². The maximum absolute atomic E-state index is 13.5. The maximum atomic E-state index is 13.5. The summed E-state index contributed by atoms with van der Waals surface area (Å²) in [7, 11) is 0. The molecule has 2 heterocycles. The van der Waals surface area contributed by atoms with Crippen molar-refractivity contribution in [3.8, 4) is 0 Å². The molecule has 32 heavy (non-hydrogen) atoms. The van der Waals surface area contributed by atoms with E-state index in [1.54, 1.807) is 30.3 Å². The quantitative estimate of drug-likeness (QED) is 0.197. The molecule has 0 saturated carbocycles. The van der Waals surface area contributed by atoms with Gasteiger partial charge in [0, 0.05) is 29.5 Å². The number of amides is 1. The SMILES string of the molecule is CC[C@H](C(=N)CCc1c(C(F)(F)F)nn2ccccc12)c1ccc(/C=C/C(=O)NO)cc1. The lowest BCUT2D eigenvalue weighted by molar-refractivity contribution is -0.141. The molecule has 9 heteroatoms. The molecule has 0 saturated heterocycles. The lowest BCUT2D eigenvalue weighted by atomic mass is 9.88. The Morgan fingerprint density at radius 3 is 2.59 bits per heavy atom. The number of benzene rings is 1. The van der Waals surface area contributed by atoms with Gasteiger partial charge in [-0.05, 0) is 48.6 Å². The van der Waals surface area contributed by atoms with Crippen LogP contribution in [0.3, 0.4) is 0 Å². The van der Waals surface area contributed by atoms with Crippen LogP contribution in [-0.4, -0.2) is 26.4 Å². The third-order valence-corrected chi connectivity index (χ3v) is 5.26. The minimum absolute atomic E-state index is 0.0643. The van der Waals surface area contributed by atoms with Crippen molar-refractivity contribution < 1.29 is 23.2 Å². The van der Waals surface area contributed by atoms with Crippen LogP contribution in [0.4, 0.5) is 13.2 Å². The first-order valence-electron chi connectivity index (χ1n) is 10.1. The maximum Gasteiger partial charge on any atom is 0.435 e. The number of carbonyl (C=O) groups excluding carboxylic acids is 1. The van der Waals surface area contributed by atoms with Gasteiger partial charge in [-0.1, -0.05) is 37.3 Å². The van der Waals surface area contributed by atoms with Gasteiger partial charge in [-0.15, -0.1) is 0 Å². The van der Waals surface area contributed by atoms with E-state index in [-0.39, 0.29) is 24.3 Å². The van der Waals surface area contributed by atoms with E-state index in [0.717, 1.165) is 11.1 Å². The monoisotopic (exact) mass is 444 g/mol. The number of nitrogens with one attached hydrogen (secondary N) is 2. The van der Waals surface area contributed by atoms with E-state index < -0.39 is 17.8 Å². The molecular weight excluding hydrogens is 421 g/mol. The van der Waals surface area contributed by atoms with Crippen LogP contribution in [0.2, 0.25) is 0 Å². The molecule has 0 unspecified atom stereocenters. The van der Waals surface area contributed by atoms with Crippen molar-refractivity contribution in [3.05, 3.63) is 77.1 Å². The molecule has 0 radical (unpaired) electrons. The van der Waals surface area contributed by atoms with Gasteiger partial charge in [0.05, 0.1) is 5.52 Å². The average Bonchev–Trinajstić information content (AvgIpc) is 3.16. The Hall–Kier alpha value is -3.46. The normalized spacial score (nSPS) is 12.9. The first-order chi connectivity index (χ1) is 15.2. The molecule has 0 bridgehead atoms. The third-order valence-electron chi connectivity index (χ3n) is 5.26. The number of hydrogen-bond donors (Lipinski definition) is 3. The Morgan fingerprint density at radius 2 is 1.97 bits per heavy atom. The van der Waals surface area contributed by atoms with Gasteiger partial charge < -0.3 is 5.41 Å². The van der Waals surface area contributed by atoms with Crippen LogP contribution in [0.1, 0.15) is 48.1 Å². The number of aromatic nitrogens is 2. The van der Waals surface area contributed by atoms with Crippen molar-refractivity contribution in [2.45, 2.75) is 38.3 Å². The van der Waals surface area contributed by atoms with Crippen LogP contribution in [0, 0.1) is 5.41 Å². The van der Waals surface area contributed by atoms with Crippen molar-refractivity contribution in [1.82, 2.24) is 15.1 Å². The summed E-state index contributed by atoms with van der Waals surface area (Å²) in [6.07, 6.45) is 0.499. The van der Waals surface area contributed by atoms with Crippen LogP contribution in [0.25, 0.3) is 11.6 Å². The van der Waals surface area contributed by atoms with Crippen LogP contribution in [0.5, 0.6) is 0 Å². The van der Waals surface area contributed by atoms with E-state index >= 15 is 0 Å². The topological polar surface area (TPSA) is 90.5 Å². The van der Waals surface area contributed by atoms with E-state index in [1.165, 1.54) is 28.3 Å². The standard InChI is InChI=1S/C23H23F3N4O2/c1-2-17(16-9-6-15(7-10-16)8-13-21(31)29-32)19(27)12-11-18-20-5-3-4-14-30(20)28-22(18)23(24,25)26/h3-10,13-14,17,27,32H,2,11-12H2,1H3,(H,29,31)/b13-8+,27-19?/t17-/m0/s1. The van der Waals surface area contributed by atoms with Crippen molar-refractivity contribution in [2.75, 3.05) is 0 Å². The average molecular weight is 444 g/mol. The highest BCUT2D eigenvalue weighted by Gasteiger charge is 2.37. The smallest absolute Gasteiger partial charge is 0.309 e. The molecule has 2 aromatic heterocycles. The Morgan fingerprint density at radius 1 is 1.25 bits per heavy atom. The largest absolute Gasteiger partial charge is 0.435 e. The fraction of sp³-hybridized carbons (Fsp3) is 0.261. The van der Waals surface area contributed by atoms with E-state index in [2.05, 4.69) is 5.10 Å². The number of pyridine rings is 1. The van der Waals surface area contributed by atoms with Gasteiger partial charge in [0.1, 0.15) is 0 Å². The predicted octanol–water partition coefficient (Wildman–Crippen LogP) is 5.02. The van der Waals surface area contributed by atoms with Crippen molar-refractivity contribution in [2.24, 2.45) is 0 Å². The molecule has 1 atom stereocenters. The Balaban J connectivity index is 1.77. The molecule has 0 aliphatic carbocycles. The molecule has 3 aromatic rings. The molecule has 1 aromatic carbocycles. The second kappa shape index (κ2) is 9.78. The van der Waals surface area contributed by atoms with E-state index in [0.29, 0.717) is 17.6 Å². The molecule has 0 spiro atoms. The van der Waals surface area contributed by atoms with Gasteiger partial charge in [0.2, 0.25) is 0 Å². The summed E-state index contributed by atoms with van der Waals surface area (Å²) in [6.45, 7) is 1.93. The molecule has 0 fully saturated rings. The number of halogens is 3. The summed E-state index contributed by atoms with van der Waals surface area (Å²) in [5.74, 6) is -0.877. The van der Waals surface area contributed by atoms with Crippen molar-refractivity contribution in [1.29, 1.82) is 5.41 Å². The molecule has 1 amide bonds. The number of nitrogens with zero attached hydrogens (tertiary/aromatic N) is 2. The summed E-state index contributed by atoms with van der Waals surface area (Å²) in [5, 5.41) is 20.8. The number of fused-ring (bicyclic) bond motifs is 1. The summed E-state index contributed by atoms with van der Waals surface area (Å²) in [4.78, 5) is 11.1. The Bertz CT molecular complexity index is 1130. The molecule has 0 aliphatic heterocycles. The third kappa shape index (κ3) is 5.23. The molecule has 168 valence electrons. The molecule has 0 aliphatic rings. The van der Waals surface area contributed by atoms with Gasteiger partial charge in [0.25, 0.3) is 5.91 Å². The highest BCUT2D eigenvalue weighted by molar-refractivity contribution is 5.91. The second-order valence-electron chi connectivity index (χ2n) is 7.32. The van der Waals surface area contributed by atoms with Crippen molar-refractivity contribution >= 4 is 23.2 Å². The van der Waals surface area contributed by atoms with Crippen LogP contribution >= 0.6 is 0 Å². The number of alkyl halides is 3. The highest BCUT2D eigenvalue weighted by atomic mass is 19.4. The van der Waals surface area contributed by atoms with E-state index in [4.69, 9.17) is 10.6 Å². The Kier molecular flexibility index (Phi) is 7.09. The van der Waals surface area contributed by atoms with Crippen LogP contribution in [0.15, 0.2) is 54.7 Å². The summed E-state index contributed by atoms with van der Waals surface area (Å²) in [6, 6.07) is 12.1. The molecule has 6 nitrogen and oxygen atoms in total. The summed E-state index contributed by atoms with van der Waals surface area (Å²) >= 11 is 0. The second-order valence-corrected chi connectivity index (χ2v) is 7.32. The fourth-order valence-corrected chi connectivity index (χ4v) is 3.69. The summed E-state index contributed by atoms with van der Waals surface area (Å²) < 4.78 is 41.7. The Labute approximate surface area is 182 Å². The van der Waals surface area contributed by atoms with E-state index in [9.17, 15) is 18.0 Å². The first kappa shape index (κ1) is 23.2. The van der Waals surface area contributed by atoms with Crippen molar-refractivity contribution in [3.63, 3.8) is 0 Å².